The molecule has 2 heterocycles. The molecule has 1 aliphatic rings. The van der Waals surface area contributed by atoms with Gasteiger partial charge in [0.2, 0.25) is 5.13 Å². The summed E-state index contributed by atoms with van der Waals surface area (Å²) in [5.74, 6) is 0. The molecule has 1 amide bonds. The lowest BCUT2D eigenvalue weighted by atomic mass is 10.1. The molecule has 2 N–H and O–H groups in total. The van der Waals surface area contributed by atoms with Crippen LogP contribution in [0.4, 0.5) is 9.93 Å². The normalized spacial score (nSPS) is 17.4. The van der Waals surface area contributed by atoms with Gasteiger partial charge in [0.1, 0.15) is 6.10 Å². The number of rotatable bonds is 2. The number of carbonyl (C=O) groups is 1. The van der Waals surface area contributed by atoms with Gasteiger partial charge in [0.25, 0.3) is 0 Å². The lowest BCUT2D eigenvalue weighted by Crippen LogP contribution is -2.38. The third kappa shape index (κ3) is 2.82. The maximum Gasteiger partial charge on any atom is 0.404 e. The summed E-state index contributed by atoms with van der Waals surface area (Å²) >= 11 is 4.77. The summed E-state index contributed by atoms with van der Waals surface area (Å²) in [7, 11) is 0. The highest BCUT2D eigenvalue weighted by Crippen LogP contribution is 2.27. The second kappa shape index (κ2) is 4.96. The molecular weight excluding hydrogens is 296 g/mol. The van der Waals surface area contributed by atoms with E-state index in [0.29, 0.717) is 0 Å². The minimum absolute atomic E-state index is 0.0647. The Morgan fingerprint density at radius 3 is 2.69 bits per heavy atom. The van der Waals surface area contributed by atoms with Crippen molar-refractivity contribution in [3.63, 3.8) is 0 Å². The second-order valence-electron chi connectivity index (χ2n) is 3.46. The third-order valence-electron chi connectivity index (χ3n) is 2.38. The van der Waals surface area contributed by atoms with E-state index in [9.17, 15) is 4.79 Å². The third-order valence-corrected chi connectivity index (χ3v) is 3.80. The van der Waals surface area contributed by atoms with Gasteiger partial charge in [-0.3, -0.25) is 0 Å². The Balaban J connectivity index is 1.87. The van der Waals surface area contributed by atoms with E-state index in [4.69, 9.17) is 10.5 Å². The van der Waals surface area contributed by atoms with E-state index >= 15 is 0 Å². The lowest BCUT2D eigenvalue weighted by molar-refractivity contribution is 0.0912. The molecule has 0 radical (unpaired) electrons. The quantitative estimate of drug-likeness (QED) is 0.892. The average Bonchev–Trinajstić information content (AvgIpc) is 2.65. The van der Waals surface area contributed by atoms with E-state index < -0.39 is 6.09 Å². The van der Waals surface area contributed by atoms with Crippen LogP contribution >= 0.6 is 27.3 Å². The molecule has 0 atom stereocenters. The molecule has 0 spiro atoms. The molecule has 1 aliphatic heterocycles. The second-order valence-corrected chi connectivity index (χ2v) is 5.69. The van der Waals surface area contributed by atoms with Crippen molar-refractivity contribution in [2.75, 3.05) is 18.0 Å². The summed E-state index contributed by atoms with van der Waals surface area (Å²) in [5.41, 5.74) is 4.97. The van der Waals surface area contributed by atoms with Crippen LogP contribution in [0.3, 0.4) is 0 Å². The maximum atomic E-state index is 10.6. The number of hydrogen-bond acceptors (Lipinski definition) is 6. The fraction of sp³-hybridized carbons (Fsp3) is 0.625. The predicted octanol–water partition coefficient (Wildman–Crippen LogP) is 1.36. The van der Waals surface area contributed by atoms with Crippen LogP contribution < -0.4 is 10.6 Å². The highest BCUT2D eigenvalue weighted by molar-refractivity contribution is 9.11. The lowest BCUT2D eigenvalue weighted by Gasteiger charge is -2.30. The van der Waals surface area contributed by atoms with Crippen LogP contribution in [0, 0.1) is 0 Å². The number of aromatic nitrogens is 2. The number of primary amides is 1. The van der Waals surface area contributed by atoms with Gasteiger partial charge in [-0.1, -0.05) is 11.3 Å². The van der Waals surface area contributed by atoms with Gasteiger partial charge >= 0.3 is 6.09 Å². The molecule has 6 nitrogen and oxygen atoms in total. The van der Waals surface area contributed by atoms with Crippen molar-refractivity contribution in [3.05, 3.63) is 3.92 Å². The standard InChI is InChI=1S/C8H11BrN4O2S/c9-6-11-12-8(16-6)13-3-1-5(2-4-13)15-7(10)14/h5H,1-4H2,(H2,10,14). The van der Waals surface area contributed by atoms with Gasteiger partial charge in [0.05, 0.1) is 0 Å². The van der Waals surface area contributed by atoms with Crippen molar-refractivity contribution < 1.29 is 9.53 Å². The Labute approximate surface area is 105 Å². The molecule has 2 rings (SSSR count). The number of carbonyl (C=O) groups excluding carboxylic acids is 1. The Hall–Kier alpha value is -0.890. The van der Waals surface area contributed by atoms with E-state index in [2.05, 4.69) is 31.0 Å². The molecule has 16 heavy (non-hydrogen) atoms. The van der Waals surface area contributed by atoms with Crippen LogP contribution in [0.15, 0.2) is 3.92 Å². The molecule has 0 unspecified atom stereocenters. The number of piperidine rings is 1. The molecule has 0 bridgehead atoms. The monoisotopic (exact) mass is 306 g/mol. The fourth-order valence-corrected chi connectivity index (χ4v) is 2.79. The van der Waals surface area contributed by atoms with Gasteiger partial charge in [-0.15, -0.1) is 10.2 Å². The van der Waals surface area contributed by atoms with Crippen molar-refractivity contribution in [1.29, 1.82) is 0 Å². The molecular formula is C8H11BrN4O2S. The van der Waals surface area contributed by atoms with Gasteiger partial charge in [-0.2, -0.15) is 0 Å². The Morgan fingerprint density at radius 1 is 1.50 bits per heavy atom. The minimum atomic E-state index is -0.697. The smallest absolute Gasteiger partial charge is 0.404 e. The molecule has 1 fully saturated rings. The summed E-state index contributed by atoms with van der Waals surface area (Å²) in [6.07, 6.45) is 0.794. The highest BCUT2D eigenvalue weighted by atomic mass is 79.9. The predicted molar refractivity (Wildman–Crippen MR) is 63.5 cm³/mol. The zero-order valence-electron chi connectivity index (χ0n) is 8.43. The van der Waals surface area contributed by atoms with Gasteiger partial charge in [-0.05, 0) is 15.9 Å². The first-order chi connectivity index (χ1) is 7.65. The molecule has 0 aliphatic carbocycles. The molecule has 0 saturated carbocycles. The van der Waals surface area contributed by atoms with Crippen LogP contribution in [0.1, 0.15) is 12.8 Å². The minimum Gasteiger partial charge on any atom is -0.446 e. The van der Waals surface area contributed by atoms with E-state index in [1.165, 1.54) is 11.3 Å². The summed E-state index contributed by atoms with van der Waals surface area (Å²) < 4.78 is 5.73. The van der Waals surface area contributed by atoms with Crippen LogP contribution in [0.2, 0.25) is 0 Å². The fourth-order valence-electron chi connectivity index (χ4n) is 1.66. The van der Waals surface area contributed by atoms with E-state index in [0.717, 1.165) is 35.0 Å². The first-order valence-corrected chi connectivity index (χ1v) is 6.46. The van der Waals surface area contributed by atoms with E-state index in [1.807, 2.05) is 0 Å². The molecule has 1 aromatic rings. The summed E-state index contributed by atoms with van der Waals surface area (Å²) in [4.78, 5) is 12.7. The van der Waals surface area contributed by atoms with Crippen molar-refractivity contribution >= 4 is 38.5 Å². The van der Waals surface area contributed by atoms with Crippen LogP contribution in [0.5, 0.6) is 0 Å². The van der Waals surface area contributed by atoms with E-state index in [1.54, 1.807) is 0 Å². The number of amides is 1. The van der Waals surface area contributed by atoms with Crippen molar-refractivity contribution in [3.8, 4) is 0 Å². The SMILES string of the molecule is NC(=O)OC1CCN(c2nnc(Br)s2)CC1. The summed E-state index contributed by atoms with van der Waals surface area (Å²) in [6.45, 7) is 1.61. The zero-order chi connectivity index (χ0) is 11.5. The number of ether oxygens (including phenoxy) is 1. The van der Waals surface area contributed by atoms with Crippen molar-refractivity contribution in [2.24, 2.45) is 5.73 Å². The molecule has 8 heteroatoms. The first-order valence-electron chi connectivity index (χ1n) is 4.85. The van der Waals surface area contributed by atoms with E-state index in [-0.39, 0.29) is 6.10 Å². The Morgan fingerprint density at radius 2 is 2.19 bits per heavy atom. The maximum absolute atomic E-state index is 10.6. The largest absolute Gasteiger partial charge is 0.446 e. The molecule has 0 aromatic carbocycles. The van der Waals surface area contributed by atoms with Crippen molar-refractivity contribution in [2.45, 2.75) is 18.9 Å². The average molecular weight is 307 g/mol. The van der Waals surface area contributed by atoms with Crippen molar-refractivity contribution in [1.82, 2.24) is 10.2 Å². The Kier molecular flexibility index (Phi) is 3.59. The van der Waals surface area contributed by atoms with Gasteiger partial charge in [0, 0.05) is 25.9 Å². The molecule has 1 aromatic heterocycles. The molecule has 88 valence electrons. The number of halogens is 1. The summed E-state index contributed by atoms with van der Waals surface area (Å²) in [5, 5.41) is 8.83. The Bertz CT molecular complexity index is 378. The zero-order valence-corrected chi connectivity index (χ0v) is 10.8. The van der Waals surface area contributed by atoms with Crippen LogP contribution in [-0.4, -0.2) is 35.5 Å². The topological polar surface area (TPSA) is 81.3 Å². The number of anilines is 1. The van der Waals surface area contributed by atoms with Gasteiger partial charge in [-0.25, -0.2) is 4.79 Å². The highest BCUT2D eigenvalue weighted by Gasteiger charge is 2.23. The first kappa shape index (κ1) is 11.6. The van der Waals surface area contributed by atoms with Crippen LogP contribution in [-0.2, 0) is 4.74 Å². The number of nitrogens with two attached hydrogens (primary N) is 1. The number of hydrogen-bond donors (Lipinski definition) is 1. The van der Waals surface area contributed by atoms with Gasteiger partial charge in [0.15, 0.2) is 3.92 Å². The molecule has 1 saturated heterocycles. The van der Waals surface area contributed by atoms with Gasteiger partial charge < -0.3 is 15.4 Å². The summed E-state index contributed by atoms with van der Waals surface area (Å²) in [6, 6.07) is 0. The van der Waals surface area contributed by atoms with Crippen LogP contribution in [0.25, 0.3) is 0 Å². The number of nitrogens with zero attached hydrogens (tertiary/aromatic N) is 3.